The average Bonchev–Trinajstić information content (AvgIpc) is 2.65. The van der Waals surface area contributed by atoms with Crippen LogP contribution in [0.5, 0.6) is 0 Å². The van der Waals surface area contributed by atoms with Gasteiger partial charge in [0.25, 0.3) is 5.91 Å². The number of hydrogen-bond acceptors (Lipinski definition) is 3. The fourth-order valence-corrected chi connectivity index (χ4v) is 2.18. The van der Waals surface area contributed by atoms with Gasteiger partial charge in [-0.05, 0) is 25.1 Å². The third kappa shape index (κ3) is 2.51. The Balaban J connectivity index is 2.37. The summed E-state index contributed by atoms with van der Waals surface area (Å²) < 4.78 is 27.3. The van der Waals surface area contributed by atoms with Crippen molar-refractivity contribution in [2.24, 2.45) is 0 Å². The number of rotatable bonds is 3. The van der Waals surface area contributed by atoms with E-state index < -0.39 is 41.6 Å². The van der Waals surface area contributed by atoms with E-state index in [9.17, 15) is 23.2 Å². The van der Waals surface area contributed by atoms with Crippen LogP contribution >= 0.6 is 0 Å². The van der Waals surface area contributed by atoms with Crippen molar-refractivity contribution in [3.05, 3.63) is 35.4 Å². The van der Waals surface area contributed by atoms with Crippen LogP contribution in [0, 0.1) is 11.6 Å². The molecule has 1 N–H and O–H groups in total. The second kappa shape index (κ2) is 5.36. The lowest BCUT2D eigenvalue weighted by Gasteiger charge is -2.23. The van der Waals surface area contributed by atoms with Crippen molar-refractivity contribution in [1.29, 1.82) is 0 Å². The van der Waals surface area contributed by atoms with Crippen molar-refractivity contribution in [3.8, 4) is 0 Å². The van der Waals surface area contributed by atoms with Crippen molar-refractivity contribution in [2.45, 2.75) is 12.5 Å². The van der Waals surface area contributed by atoms with Crippen LogP contribution in [0.1, 0.15) is 12.5 Å². The number of urea groups is 1. The molecule has 0 spiro atoms. The average molecular weight is 311 g/mol. The summed E-state index contributed by atoms with van der Waals surface area (Å²) in [7, 11) is 2.96. The third-order valence-corrected chi connectivity index (χ3v) is 3.53. The summed E-state index contributed by atoms with van der Waals surface area (Å²) in [6.07, 6.45) is 0. The second-order valence-corrected chi connectivity index (χ2v) is 5.36. The molecule has 1 unspecified atom stereocenters. The van der Waals surface area contributed by atoms with Gasteiger partial charge in [0.2, 0.25) is 5.91 Å². The maximum Gasteiger partial charge on any atom is 0.325 e. The van der Waals surface area contributed by atoms with Gasteiger partial charge in [-0.3, -0.25) is 14.5 Å². The highest BCUT2D eigenvalue weighted by molar-refractivity contribution is 6.09. The van der Waals surface area contributed by atoms with Gasteiger partial charge in [-0.25, -0.2) is 13.6 Å². The number of halogens is 2. The standard InChI is InChI=1S/C14H15F2N3O3/c1-14(9-6-8(15)4-5-10(9)16)12(21)19(13(22)17-14)7-11(20)18(2)3/h4-6H,7H2,1-3H3,(H,17,22). The van der Waals surface area contributed by atoms with Crippen molar-refractivity contribution in [3.63, 3.8) is 0 Å². The summed E-state index contributed by atoms with van der Waals surface area (Å²) in [6, 6.07) is 1.82. The maximum absolute atomic E-state index is 13.9. The number of amides is 4. The topological polar surface area (TPSA) is 69.7 Å². The molecular weight excluding hydrogens is 296 g/mol. The zero-order chi connectivity index (χ0) is 16.7. The van der Waals surface area contributed by atoms with Crippen LogP contribution in [-0.4, -0.2) is 48.3 Å². The SMILES string of the molecule is CN(C)C(=O)CN1C(=O)NC(C)(c2cc(F)ccc2F)C1=O. The van der Waals surface area contributed by atoms with E-state index in [-0.39, 0.29) is 5.56 Å². The van der Waals surface area contributed by atoms with Crippen molar-refractivity contribution < 1.29 is 23.2 Å². The molecule has 118 valence electrons. The van der Waals surface area contributed by atoms with Crippen LogP contribution in [0.4, 0.5) is 13.6 Å². The lowest BCUT2D eigenvalue weighted by atomic mass is 9.91. The smallest absolute Gasteiger partial charge is 0.325 e. The molecule has 1 aliphatic heterocycles. The number of hydrogen-bond donors (Lipinski definition) is 1. The van der Waals surface area contributed by atoms with Crippen LogP contribution in [0.15, 0.2) is 18.2 Å². The molecule has 2 rings (SSSR count). The number of nitrogens with one attached hydrogen (secondary N) is 1. The number of carbonyl (C=O) groups is 3. The van der Waals surface area contributed by atoms with Gasteiger partial charge in [-0.15, -0.1) is 0 Å². The Bertz CT molecular complexity index is 663. The first-order valence-corrected chi connectivity index (χ1v) is 6.46. The first-order valence-electron chi connectivity index (χ1n) is 6.46. The number of imide groups is 1. The molecule has 0 bridgehead atoms. The molecule has 0 aromatic heterocycles. The number of nitrogens with zero attached hydrogens (tertiary/aromatic N) is 2. The van der Waals surface area contributed by atoms with Gasteiger partial charge in [0.1, 0.15) is 23.7 Å². The van der Waals surface area contributed by atoms with E-state index in [0.29, 0.717) is 4.90 Å². The highest BCUT2D eigenvalue weighted by Gasteiger charge is 2.50. The van der Waals surface area contributed by atoms with Gasteiger partial charge >= 0.3 is 6.03 Å². The fourth-order valence-electron chi connectivity index (χ4n) is 2.18. The lowest BCUT2D eigenvalue weighted by Crippen LogP contribution is -2.43. The van der Waals surface area contributed by atoms with E-state index in [1.54, 1.807) is 0 Å². The predicted octanol–water partition coefficient (Wildman–Crippen LogP) is 0.820. The molecule has 1 atom stereocenters. The van der Waals surface area contributed by atoms with Crippen LogP contribution in [0.3, 0.4) is 0 Å². The van der Waals surface area contributed by atoms with E-state index in [1.807, 2.05) is 0 Å². The molecular formula is C14H15F2N3O3. The Morgan fingerprint density at radius 2 is 1.95 bits per heavy atom. The Hall–Kier alpha value is -2.51. The minimum atomic E-state index is -1.75. The minimum Gasteiger partial charge on any atom is -0.347 e. The lowest BCUT2D eigenvalue weighted by molar-refractivity contribution is -0.137. The molecule has 1 heterocycles. The minimum absolute atomic E-state index is 0.286. The quantitative estimate of drug-likeness (QED) is 0.840. The third-order valence-electron chi connectivity index (χ3n) is 3.53. The fraction of sp³-hybridized carbons (Fsp3) is 0.357. The summed E-state index contributed by atoms with van der Waals surface area (Å²) in [5, 5.41) is 2.32. The normalized spacial score (nSPS) is 21.0. The molecule has 1 aromatic carbocycles. The van der Waals surface area contributed by atoms with E-state index in [1.165, 1.54) is 25.9 Å². The van der Waals surface area contributed by atoms with E-state index >= 15 is 0 Å². The Morgan fingerprint density at radius 1 is 1.32 bits per heavy atom. The molecule has 22 heavy (non-hydrogen) atoms. The van der Waals surface area contributed by atoms with Crippen molar-refractivity contribution in [2.75, 3.05) is 20.6 Å². The van der Waals surface area contributed by atoms with Crippen molar-refractivity contribution >= 4 is 17.8 Å². The maximum atomic E-state index is 13.9. The van der Waals surface area contributed by atoms with Gasteiger partial charge in [0.15, 0.2) is 0 Å². The number of benzene rings is 1. The van der Waals surface area contributed by atoms with E-state index in [4.69, 9.17) is 0 Å². The predicted molar refractivity (Wildman–Crippen MR) is 72.6 cm³/mol. The van der Waals surface area contributed by atoms with Crippen molar-refractivity contribution in [1.82, 2.24) is 15.1 Å². The van der Waals surface area contributed by atoms with Gasteiger partial charge in [0, 0.05) is 19.7 Å². The molecule has 1 aliphatic rings. The van der Waals surface area contributed by atoms with Gasteiger partial charge < -0.3 is 10.2 Å². The Labute approximate surface area is 125 Å². The van der Waals surface area contributed by atoms with Gasteiger partial charge in [-0.2, -0.15) is 0 Å². The number of carbonyl (C=O) groups excluding carboxylic acids is 3. The van der Waals surface area contributed by atoms with Crippen LogP contribution in [0.25, 0.3) is 0 Å². The molecule has 0 aliphatic carbocycles. The monoisotopic (exact) mass is 311 g/mol. The molecule has 1 saturated heterocycles. The van der Waals surface area contributed by atoms with Gasteiger partial charge in [-0.1, -0.05) is 0 Å². The zero-order valence-corrected chi connectivity index (χ0v) is 12.3. The Kier molecular flexibility index (Phi) is 3.87. The molecule has 4 amide bonds. The van der Waals surface area contributed by atoms with Crippen LogP contribution in [-0.2, 0) is 15.1 Å². The van der Waals surface area contributed by atoms with Crippen LogP contribution in [0.2, 0.25) is 0 Å². The summed E-state index contributed by atoms with van der Waals surface area (Å²) in [5.74, 6) is -2.83. The molecule has 1 aromatic rings. The molecule has 8 heteroatoms. The zero-order valence-electron chi connectivity index (χ0n) is 12.3. The first-order chi connectivity index (χ1) is 10.2. The summed E-state index contributed by atoms with van der Waals surface area (Å²) in [4.78, 5) is 38.0. The largest absolute Gasteiger partial charge is 0.347 e. The second-order valence-electron chi connectivity index (χ2n) is 5.36. The molecule has 6 nitrogen and oxygen atoms in total. The first kappa shape index (κ1) is 15.9. The van der Waals surface area contributed by atoms with Gasteiger partial charge in [0.05, 0.1) is 0 Å². The number of likely N-dealkylation sites (N-methyl/N-ethyl adjacent to an activating group) is 1. The molecule has 1 fully saturated rings. The summed E-state index contributed by atoms with van der Waals surface area (Å²) in [6.45, 7) is 0.801. The highest BCUT2D eigenvalue weighted by Crippen LogP contribution is 2.31. The van der Waals surface area contributed by atoms with E-state index in [0.717, 1.165) is 18.2 Å². The molecule has 0 radical (unpaired) electrons. The summed E-state index contributed by atoms with van der Waals surface area (Å²) in [5.41, 5.74) is -2.04. The highest BCUT2D eigenvalue weighted by atomic mass is 19.1. The Morgan fingerprint density at radius 3 is 2.55 bits per heavy atom. The summed E-state index contributed by atoms with van der Waals surface area (Å²) >= 11 is 0. The van der Waals surface area contributed by atoms with E-state index in [2.05, 4.69) is 5.32 Å². The van der Waals surface area contributed by atoms with Crippen LogP contribution < -0.4 is 5.32 Å². The molecule has 0 saturated carbocycles.